The van der Waals surface area contributed by atoms with Crippen LogP contribution in [0.1, 0.15) is 0 Å². The van der Waals surface area contributed by atoms with Crippen molar-refractivity contribution in [3.63, 3.8) is 0 Å². The Labute approximate surface area is 64.8 Å². The molecule has 0 aromatic carbocycles. The van der Waals surface area contributed by atoms with Crippen molar-refractivity contribution < 1.29 is 8.76 Å². The minimum atomic E-state index is -2.45. The average Bonchev–Trinajstić information content (AvgIpc) is 2.09. The van der Waals surface area contributed by atoms with Crippen LogP contribution < -0.4 is 16.3 Å². The number of anilines is 2. The van der Waals surface area contributed by atoms with Gasteiger partial charge in [-0.05, 0) is 0 Å². The van der Waals surface area contributed by atoms with Crippen LogP contribution >= 0.6 is 0 Å². The largest absolute Gasteiger partial charge is 0.754 e. The molecular weight excluding hydrogens is 170 g/mol. The fraction of sp³-hybridized carbons (Fsp3) is 0. The monoisotopic (exact) mass is 176 g/mol. The van der Waals surface area contributed by atoms with E-state index in [0.717, 1.165) is 4.79 Å². The van der Waals surface area contributed by atoms with E-state index in [-0.39, 0.29) is 11.6 Å². The molecule has 0 aliphatic rings. The molecule has 1 heterocycles. The van der Waals surface area contributed by atoms with Gasteiger partial charge in [0.2, 0.25) is 0 Å². The van der Waals surface area contributed by atoms with Gasteiger partial charge >= 0.3 is 0 Å². The maximum atomic E-state index is 10.1. The summed E-state index contributed by atoms with van der Waals surface area (Å²) in [6.07, 6.45) is 0. The topological polar surface area (TPSA) is 122 Å². The van der Waals surface area contributed by atoms with Gasteiger partial charge in [-0.2, -0.15) is 0 Å². The second-order valence-electron chi connectivity index (χ2n) is 1.73. The molecule has 1 unspecified atom stereocenters. The molecule has 0 bridgehead atoms. The Hall–Kier alpha value is -1.28. The zero-order valence-corrected chi connectivity index (χ0v) is 6.17. The Balaban J connectivity index is 2.85. The molecule has 0 amide bonds. The number of hydrogen-bond donors (Lipinski definition) is 3. The van der Waals surface area contributed by atoms with Crippen LogP contribution in [0.3, 0.4) is 0 Å². The van der Waals surface area contributed by atoms with Crippen LogP contribution in [0, 0.1) is 0 Å². The van der Waals surface area contributed by atoms with Gasteiger partial charge in [0.05, 0.1) is 11.3 Å². The highest BCUT2D eigenvalue weighted by Gasteiger charge is 1.99. The van der Waals surface area contributed by atoms with Crippen LogP contribution in [-0.4, -0.2) is 18.7 Å². The van der Waals surface area contributed by atoms with Crippen LogP contribution in [0.2, 0.25) is 0 Å². The SMILES string of the molecule is Nc1cc(N)n(NS(=O)[O-])n1. The summed E-state index contributed by atoms with van der Waals surface area (Å²) in [5.74, 6) is 0.284. The van der Waals surface area contributed by atoms with E-state index >= 15 is 0 Å². The quantitative estimate of drug-likeness (QED) is 0.467. The van der Waals surface area contributed by atoms with Gasteiger partial charge in [-0.25, -0.2) is 4.83 Å². The van der Waals surface area contributed by atoms with E-state index in [2.05, 4.69) is 5.10 Å². The molecule has 8 heteroatoms. The standard InChI is InChI=1S/C3H7N5O2S/c4-2-1-3(5)8(6-2)7-11(9)10/h1,7H,5H2,(H2,4,6)(H,9,10)/p-1. The van der Waals surface area contributed by atoms with E-state index in [1.165, 1.54) is 6.07 Å². The van der Waals surface area contributed by atoms with Gasteiger partial charge in [0.1, 0.15) is 11.6 Å². The fourth-order valence-corrected chi connectivity index (χ4v) is 0.846. The number of aromatic nitrogens is 2. The summed E-state index contributed by atoms with van der Waals surface area (Å²) in [7, 11) is 0. The van der Waals surface area contributed by atoms with Crippen molar-refractivity contribution in [1.82, 2.24) is 9.89 Å². The molecular formula is C3H6N5O2S-. The van der Waals surface area contributed by atoms with Gasteiger partial charge in [0.15, 0.2) is 0 Å². The molecule has 1 rings (SSSR count). The highest BCUT2D eigenvalue weighted by Crippen LogP contribution is 2.04. The van der Waals surface area contributed by atoms with Crippen LogP contribution in [0.15, 0.2) is 6.07 Å². The summed E-state index contributed by atoms with van der Waals surface area (Å²) in [6, 6.07) is 1.33. The van der Waals surface area contributed by atoms with E-state index in [1.807, 2.05) is 4.83 Å². The molecule has 7 nitrogen and oxygen atoms in total. The predicted molar refractivity (Wildman–Crippen MR) is 39.3 cm³/mol. The van der Waals surface area contributed by atoms with Crippen molar-refractivity contribution in [1.29, 1.82) is 0 Å². The van der Waals surface area contributed by atoms with E-state index in [4.69, 9.17) is 11.5 Å². The molecule has 11 heavy (non-hydrogen) atoms. The van der Waals surface area contributed by atoms with E-state index in [1.54, 1.807) is 0 Å². The minimum absolute atomic E-state index is 0.131. The van der Waals surface area contributed by atoms with Crippen molar-refractivity contribution in [3.05, 3.63) is 6.07 Å². The Morgan fingerprint density at radius 2 is 2.36 bits per heavy atom. The number of hydrogen-bond acceptors (Lipinski definition) is 5. The van der Waals surface area contributed by atoms with Crippen LogP contribution in [-0.2, 0) is 11.3 Å². The van der Waals surface area contributed by atoms with Gasteiger partial charge in [-0.3, -0.25) is 4.21 Å². The van der Waals surface area contributed by atoms with E-state index in [9.17, 15) is 8.76 Å². The van der Waals surface area contributed by atoms with Crippen LogP contribution in [0.4, 0.5) is 11.6 Å². The van der Waals surface area contributed by atoms with Gasteiger partial charge in [-0.1, -0.05) is 0 Å². The van der Waals surface area contributed by atoms with Crippen LogP contribution in [0.25, 0.3) is 0 Å². The molecule has 62 valence electrons. The summed E-state index contributed by atoms with van der Waals surface area (Å²) in [5, 5.41) is 3.52. The second kappa shape index (κ2) is 2.76. The lowest BCUT2D eigenvalue weighted by molar-refractivity contribution is 0.534. The van der Waals surface area contributed by atoms with Gasteiger partial charge in [0.25, 0.3) is 0 Å². The third-order valence-electron chi connectivity index (χ3n) is 0.917. The highest BCUT2D eigenvalue weighted by atomic mass is 32.2. The summed E-state index contributed by atoms with van der Waals surface area (Å²) < 4.78 is 20.1. The molecule has 1 aromatic heterocycles. The number of nitrogens with two attached hydrogens (primary N) is 2. The minimum Gasteiger partial charge on any atom is -0.754 e. The first-order chi connectivity index (χ1) is 5.09. The van der Waals surface area contributed by atoms with Crippen molar-refractivity contribution in [2.75, 3.05) is 16.3 Å². The highest BCUT2D eigenvalue weighted by molar-refractivity contribution is 7.80. The molecule has 5 N–H and O–H groups in total. The molecule has 0 fully saturated rings. The zero-order chi connectivity index (χ0) is 8.43. The average molecular weight is 176 g/mol. The molecule has 1 aromatic rings. The third kappa shape index (κ3) is 1.82. The van der Waals surface area contributed by atoms with Gasteiger partial charge < -0.3 is 16.0 Å². The lowest BCUT2D eigenvalue weighted by Crippen LogP contribution is -2.20. The van der Waals surface area contributed by atoms with Crippen molar-refractivity contribution in [3.8, 4) is 0 Å². The fourth-order valence-electron chi connectivity index (χ4n) is 0.558. The Kier molecular flexibility index (Phi) is 1.96. The molecule has 0 saturated heterocycles. The number of nitrogen functional groups attached to an aromatic ring is 2. The molecule has 0 aliphatic carbocycles. The summed E-state index contributed by atoms with van der Waals surface area (Å²) in [4.78, 5) is 2.77. The predicted octanol–water partition coefficient (Wildman–Crippen LogP) is -1.61. The lowest BCUT2D eigenvalue weighted by atomic mass is 10.6. The number of rotatable bonds is 2. The normalized spacial score (nSPS) is 12.8. The maximum absolute atomic E-state index is 10.1. The van der Waals surface area contributed by atoms with E-state index < -0.39 is 11.3 Å². The summed E-state index contributed by atoms with van der Waals surface area (Å²) in [5.41, 5.74) is 10.5. The van der Waals surface area contributed by atoms with Crippen molar-refractivity contribution >= 4 is 22.9 Å². The second-order valence-corrected chi connectivity index (χ2v) is 2.38. The summed E-state index contributed by atoms with van der Waals surface area (Å²) in [6.45, 7) is 0. The van der Waals surface area contributed by atoms with Crippen molar-refractivity contribution in [2.45, 2.75) is 0 Å². The van der Waals surface area contributed by atoms with Gasteiger partial charge in [0, 0.05) is 6.07 Å². The zero-order valence-electron chi connectivity index (χ0n) is 5.35. The maximum Gasteiger partial charge on any atom is 0.149 e. The molecule has 1 atom stereocenters. The molecule has 0 spiro atoms. The van der Waals surface area contributed by atoms with Crippen molar-refractivity contribution in [2.24, 2.45) is 0 Å². The number of nitrogens with one attached hydrogen (secondary N) is 1. The summed E-state index contributed by atoms with van der Waals surface area (Å²) >= 11 is -2.45. The van der Waals surface area contributed by atoms with Gasteiger partial charge in [-0.15, -0.1) is 9.89 Å². The Bertz CT molecular complexity index is 283. The smallest absolute Gasteiger partial charge is 0.149 e. The first kappa shape index (κ1) is 7.82. The Morgan fingerprint density at radius 1 is 1.73 bits per heavy atom. The molecule has 0 saturated carbocycles. The van der Waals surface area contributed by atoms with E-state index in [0.29, 0.717) is 0 Å². The first-order valence-corrected chi connectivity index (χ1v) is 3.64. The molecule has 0 aliphatic heterocycles. The first-order valence-electron chi connectivity index (χ1n) is 2.56. The lowest BCUT2D eigenvalue weighted by Gasteiger charge is -2.08. The third-order valence-corrected chi connectivity index (χ3v) is 1.24. The molecule has 0 radical (unpaired) electrons. The Morgan fingerprint density at radius 3 is 2.73 bits per heavy atom. The van der Waals surface area contributed by atoms with Crippen LogP contribution in [0.5, 0.6) is 0 Å². The number of nitrogens with zero attached hydrogens (tertiary/aromatic N) is 2.